The molecule has 0 aliphatic rings. The topological polar surface area (TPSA) is 49.3 Å². The van der Waals surface area contributed by atoms with Crippen molar-refractivity contribution in [2.75, 3.05) is 6.54 Å². The molecule has 0 heterocycles. The van der Waals surface area contributed by atoms with Crippen LogP contribution in [0.15, 0.2) is 24.3 Å². The molecule has 1 amide bonds. The second-order valence-electron chi connectivity index (χ2n) is 3.23. The molecular formula is C11H14ClNO2. The van der Waals surface area contributed by atoms with Crippen LogP contribution in [-0.2, 0) is 4.79 Å². The molecule has 0 bridgehead atoms. The number of carbonyl (C=O) groups excluding carboxylic acids is 1. The third kappa shape index (κ3) is 3.90. The summed E-state index contributed by atoms with van der Waals surface area (Å²) in [5.74, 6) is -0.0731. The van der Waals surface area contributed by atoms with Gasteiger partial charge in [0.25, 0.3) is 0 Å². The lowest BCUT2D eigenvalue weighted by Crippen LogP contribution is -2.27. The first-order valence-electron chi connectivity index (χ1n) is 4.83. The zero-order chi connectivity index (χ0) is 11.3. The van der Waals surface area contributed by atoms with Gasteiger partial charge in [-0.15, -0.1) is 0 Å². The molecule has 0 aliphatic heterocycles. The maximum atomic E-state index is 11.0. The number of aliphatic hydroxyl groups excluding tert-OH is 1. The Morgan fingerprint density at radius 1 is 1.60 bits per heavy atom. The highest BCUT2D eigenvalue weighted by Crippen LogP contribution is 2.16. The van der Waals surface area contributed by atoms with Crippen molar-refractivity contribution in [3.63, 3.8) is 0 Å². The highest BCUT2D eigenvalue weighted by atomic mass is 35.5. The Labute approximate surface area is 94.1 Å². The Balaban J connectivity index is 2.53. The molecule has 15 heavy (non-hydrogen) atoms. The van der Waals surface area contributed by atoms with Crippen molar-refractivity contribution >= 4 is 17.5 Å². The number of rotatable bonds is 4. The van der Waals surface area contributed by atoms with Crippen molar-refractivity contribution in [2.45, 2.75) is 19.4 Å². The first kappa shape index (κ1) is 12.0. The number of aliphatic hydroxyl groups is 1. The molecule has 0 fully saturated rings. The third-order valence-corrected chi connectivity index (χ3v) is 2.28. The van der Waals surface area contributed by atoms with Crippen molar-refractivity contribution < 1.29 is 9.90 Å². The van der Waals surface area contributed by atoms with E-state index in [9.17, 15) is 9.90 Å². The predicted molar refractivity (Wildman–Crippen MR) is 59.7 cm³/mol. The molecule has 1 rings (SSSR count). The van der Waals surface area contributed by atoms with Gasteiger partial charge in [0.2, 0.25) is 5.91 Å². The monoisotopic (exact) mass is 227 g/mol. The molecule has 0 aliphatic carbocycles. The molecule has 0 aromatic heterocycles. The fraction of sp³-hybridized carbons (Fsp3) is 0.364. The summed E-state index contributed by atoms with van der Waals surface area (Å²) in [7, 11) is 0. The predicted octanol–water partition coefficient (Wildman–Crippen LogP) is 1.90. The molecule has 4 heteroatoms. The molecule has 2 N–H and O–H groups in total. The summed E-state index contributed by atoms with van der Waals surface area (Å²) in [5.41, 5.74) is 0.707. The van der Waals surface area contributed by atoms with Crippen molar-refractivity contribution in [1.82, 2.24) is 5.32 Å². The summed E-state index contributed by atoms with van der Waals surface area (Å²) in [4.78, 5) is 11.0. The van der Waals surface area contributed by atoms with Gasteiger partial charge in [-0.25, -0.2) is 0 Å². The van der Waals surface area contributed by atoms with Gasteiger partial charge >= 0.3 is 0 Å². The highest BCUT2D eigenvalue weighted by Gasteiger charge is 2.08. The number of benzene rings is 1. The van der Waals surface area contributed by atoms with E-state index in [1.807, 2.05) is 0 Å². The van der Waals surface area contributed by atoms with E-state index in [4.69, 9.17) is 11.6 Å². The maximum Gasteiger partial charge on any atom is 0.219 e. The summed E-state index contributed by atoms with van der Waals surface area (Å²) in [6.07, 6.45) is -0.290. The standard InChI is InChI=1S/C11H14ClNO2/c1-2-11(15)13-7-10(14)8-4-3-5-9(12)6-8/h3-6,10,14H,2,7H2,1H3,(H,13,15)/t10-/m1/s1. The number of hydrogen-bond acceptors (Lipinski definition) is 2. The second-order valence-corrected chi connectivity index (χ2v) is 3.66. The van der Waals surface area contributed by atoms with Crippen molar-refractivity contribution in [2.24, 2.45) is 0 Å². The summed E-state index contributed by atoms with van der Waals surface area (Å²) in [5, 5.41) is 12.9. The van der Waals surface area contributed by atoms with Crippen LogP contribution in [0.1, 0.15) is 25.0 Å². The summed E-state index contributed by atoms with van der Waals surface area (Å²) >= 11 is 5.78. The molecule has 0 saturated carbocycles. The van der Waals surface area contributed by atoms with Crippen LogP contribution < -0.4 is 5.32 Å². The van der Waals surface area contributed by atoms with E-state index in [0.29, 0.717) is 17.0 Å². The van der Waals surface area contributed by atoms with Crippen molar-refractivity contribution in [3.05, 3.63) is 34.9 Å². The van der Waals surface area contributed by atoms with Gasteiger partial charge < -0.3 is 10.4 Å². The van der Waals surface area contributed by atoms with Gasteiger partial charge in [-0.3, -0.25) is 4.79 Å². The van der Waals surface area contributed by atoms with E-state index < -0.39 is 6.10 Å². The minimum atomic E-state index is -0.709. The van der Waals surface area contributed by atoms with Gasteiger partial charge in [0.15, 0.2) is 0 Å². The van der Waals surface area contributed by atoms with Gasteiger partial charge in [-0.2, -0.15) is 0 Å². The Hall–Kier alpha value is -1.06. The maximum absolute atomic E-state index is 11.0. The molecule has 0 spiro atoms. The van der Waals surface area contributed by atoms with E-state index in [-0.39, 0.29) is 12.5 Å². The van der Waals surface area contributed by atoms with Crippen LogP contribution in [0.25, 0.3) is 0 Å². The van der Waals surface area contributed by atoms with E-state index in [2.05, 4.69) is 5.32 Å². The summed E-state index contributed by atoms with van der Waals surface area (Å²) in [6.45, 7) is 1.98. The van der Waals surface area contributed by atoms with Crippen molar-refractivity contribution in [1.29, 1.82) is 0 Å². The largest absolute Gasteiger partial charge is 0.387 e. The smallest absolute Gasteiger partial charge is 0.219 e. The van der Waals surface area contributed by atoms with Gasteiger partial charge in [0.1, 0.15) is 0 Å². The summed E-state index contributed by atoms with van der Waals surface area (Å²) in [6, 6.07) is 6.96. The molecule has 0 radical (unpaired) electrons. The average Bonchev–Trinajstić information content (AvgIpc) is 2.25. The number of amides is 1. The quantitative estimate of drug-likeness (QED) is 0.826. The number of hydrogen-bond donors (Lipinski definition) is 2. The molecule has 1 atom stereocenters. The van der Waals surface area contributed by atoms with Gasteiger partial charge in [-0.05, 0) is 17.7 Å². The molecule has 82 valence electrons. The molecule has 1 aromatic carbocycles. The van der Waals surface area contributed by atoms with E-state index in [1.54, 1.807) is 31.2 Å². The van der Waals surface area contributed by atoms with Gasteiger partial charge in [0, 0.05) is 18.0 Å². The lowest BCUT2D eigenvalue weighted by atomic mass is 10.1. The normalized spacial score (nSPS) is 12.2. The van der Waals surface area contributed by atoms with E-state index >= 15 is 0 Å². The van der Waals surface area contributed by atoms with Crippen LogP contribution in [0.4, 0.5) is 0 Å². The van der Waals surface area contributed by atoms with Crippen LogP contribution in [-0.4, -0.2) is 17.6 Å². The molecule has 1 aromatic rings. The van der Waals surface area contributed by atoms with Crippen LogP contribution >= 0.6 is 11.6 Å². The van der Waals surface area contributed by atoms with Crippen molar-refractivity contribution in [3.8, 4) is 0 Å². The van der Waals surface area contributed by atoms with E-state index in [1.165, 1.54) is 0 Å². The number of carbonyl (C=O) groups is 1. The lowest BCUT2D eigenvalue weighted by molar-refractivity contribution is -0.121. The average molecular weight is 228 g/mol. The Morgan fingerprint density at radius 2 is 2.33 bits per heavy atom. The van der Waals surface area contributed by atoms with Crippen LogP contribution in [0, 0.1) is 0 Å². The minimum Gasteiger partial charge on any atom is -0.387 e. The Bertz CT molecular complexity index is 341. The van der Waals surface area contributed by atoms with Gasteiger partial charge in [0.05, 0.1) is 6.10 Å². The first-order chi connectivity index (χ1) is 7.13. The second kappa shape index (κ2) is 5.73. The summed E-state index contributed by atoms with van der Waals surface area (Å²) < 4.78 is 0. The van der Waals surface area contributed by atoms with Crippen LogP contribution in [0.3, 0.4) is 0 Å². The first-order valence-corrected chi connectivity index (χ1v) is 5.21. The molecule has 0 unspecified atom stereocenters. The minimum absolute atomic E-state index is 0.0731. The zero-order valence-electron chi connectivity index (χ0n) is 8.53. The zero-order valence-corrected chi connectivity index (χ0v) is 9.29. The number of nitrogens with one attached hydrogen (secondary N) is 1. The van der Waals surface area contributed by atoms with E-state index in [0.717, 1.165) is 0 Å². The third-order valence-electron chi connectivity index (χ3n) is 2.05. The molecule has 0 saturated heterocycles. The van der Waals surface area contributed by atoms with Crippen LogP contribution in [0.5, 0.6) is 0 Å². The fourth-order valence-electron chi connectivity index (χ4n) is 1.17. The Kier molecular flexibility index (Phi) is 4.59. The molecule has 3 nitrogen and oxygen atoms in total. The molecular weight excluding hydrogens is 214 g/mol. The Morgan fingerprint density at radius 3 is 2.93 bits per heavy atom. The number of halogens is 1. The lowest BCUT2D eigenvalue weighted by Gasteiger charge is -2.11. The fourth-order valence-corrected chi connectivity index (χ4v) is 1.37. The highest BCUT2D eigenvalue weighted by molar-refractivity contribution is 6.30. The SMILES string of the molecule is CCC(=O)NC[C@@H](O)c1cccc(Cl)c1. The van der Waals surface area contributed by atoms with Gasteiger partial charge in [-0.1, -0.05) is 30.7 Å². The van der Waals surface area contributed by atoms with Crippen LogP contribution in [0.2, 0.25) is 5.02 Å².